The lowest BCUT2D eigenvalue weighted by Crippen LogP contribution is -2.39. The molecule has 30 heavy (non-hydrogen) atoms. The molecule has 1 aliphatic rings. The van der Waals surface area contributed by atoms with Gasteiger partial charge in [-0.05, 0) is 69.6 Å². The number of carbonyl (C=O) groups excluding carboxylic acids is 2. The number of aryl methyl sites for hydroxylation is 1. The fourth-order valence-corrected chi connectivity index (χ4v) is 3.73. The van der Waals surface area contributed by atoms with Crippen molar-refractivity contribution in [3.05, 3.63) is 65.2 Å². The van der Waals surface area contributed by atoms with Gasteiger partial charge in [0.25, 0.3) is 5.91 Å². The van der Waals surface area contributed by atoms with Crippen LogP contribution in [0.4, 0.5) is 5.69 Å². The summed E-state index contributed by atoms with van der Waals surface area (Å²) in [5, 5.41) is 15.6. The van der Waals surface area contributed by atoms with Crippen molar-refractivity contribution in [2.24, 2.45) is 5.92 Å². The number of likely N-dealkylation sites (tertiary alicyclic amines) is 1. The monoisotopic (exact) mass is 409 g/mol. The normalized spacial score (nSPS) is 16.1. The van der Waals surface area contributed by atoms with E-state index in [4.69, 9.17) is 0 Å². The lowest BCUT2D eigenvalue weighted by Gasteiger charge is -2.28. The second-order valence-electron chi connectivity index (χ2n) is 8.14. The van der Waals surface area contributed by atoms with Crippen LogP contribution < -0.4 is 10.6 Å². The van der Waals surface area contributed by atoms with Crippen LogP contribution in [-0.4, -0.2) is 54.6 Å². The first-order valence-corrected chi connectivity index (χ1v) is 10.5. The molecule has 1 fully saturated rings. The van der Waals surface area contributed by atoms with Crippen molar-refractivity contribution in [3.8, 4) is 0 Å². The summed E-state index contributed by atoms with van der Waals surface area (Å²) in [4.78, 5) is 27.7. The Balaban J connectivity index is 1.64. The Morgan fingerprint density at radius 2 is 1.83 bits per heavy atom. The van der Waals surface area contributed by atoms with Crippen LogP contribution in [0.25, 0.3) is 0 Å². The minimum atomic E-state index is -0.376. The Bertz CT molecular complexity index is 861. The fraction of sp³-hybridized carbons (Fsp3) is 0.417. The molecule has 3 rings (SSSR count). The largest absolute Gasteiger partial charge is 0.394 e. The van der Waals surface area contributed by atoms with Crippen molar-refractivity contribution in [2.45, 2.75) is 32.2 Å². The summed E-state index contributed by atoms with van der Waals surface area (Å²) in [7, 11) is 2.07. The van der Waals surface area contributed by atoms with Gasteiger partial charge in [0, 0.05) is 17.2 Å². The minimum Gasteiger partial charge on any atom is -0.394 e. The highest BCUT2D eigenvalue weighted by molar-refractivity contribution is 5.98. The molecule has 2 amide bonds. The molecule has 1 aliphatic heterocycles. The number of benzene rings is 2. The van der Waals surface area contributed by atoms with E-state index in [1.54, 1.807) is 12.1 Å². The van der Waals surface area contributed by atoms with E-state index in [0.717, 1.165) is 37.1 Å². The molecule has 6 nitrogen and oxygen atoms in total. The SMILES string of the molecule is Cc1ccc(C(=O)N[C@@H](CO)Cc2ccccc2)cc1NC(=O)C1CCN(C)CC1. The van der Waals surface area contributed by atoms with Crippen LogP contribution >= 0.6 is 0 Å². The van der Waals surface area contributed by atoms with Crippen molar-refractivity contribution in [1.29, 1.82) is 0 Å². The van der Waals surface area contributed by atoms with Gasteiger partial charge in [0.1, 0.15) is 0 Å². The number of nitrogens with one attached hydrogen (secondary N) is 2. The molecule has 0 unspecified atom stereocenters. The van der Waals surface area contributed by atoms with Crippen LogP contribution in [0.1, 0.15) is 34.3 Å². The van der Waals surface area contributed by atoms with Crippen LogP contribution in [0.5, 0.6) is 0 Å². The number of nitrogens with zero attached hydrogens (tertiary/aromatic N) is 1. The van der Waals surface area contributed by atoms with Gasteiger partial charge in [-0.15, -0.1) is 0 Å². The van der Waals surface area contributed by atoms with Crippen LogP contribution in [0.15, 0.2) is 48.5 Å². The van der Waals surface area contributed by atoms with Gasteiger partial charge in [0.2, 0.25) is 5.91 Å². The van der Waals surface area contributed by atoms with E-state index < -0.39 is 0 Å². The van der Waals surface area contributed by atoms with E-state index in [0.29, 0.717) is 17.7 Å². The molecule has 1 saturated heterocycles. The standard InChI is InChI=1S/C24H31N3O3/c1-17-8-9-20(15-22(17)26-23(29)19-10-12-27(2)13-11-19)24(30)25-21(16-28)14-18-6-4-3-5-7-18/h3-9,15,19,21,28H,10-14,16H2,1-2H3,(H,25,30)(H,26,29)/t21-/m1/s1. The predicted octanol–water partition coefficient (Wildman–Crippen LogP) is 2.61. The highest BCUT2D eigenvalue weighted by atomic mass is 16.3. The second kappa shape index (κ2) is 10.4. The van der Waals surface area contributed by atoms with Crippen molar-refractivity contribution in [2.75, 3.05) is 32.1 Å². The van der Waals surface area contributed by atoms with Crippen molar-refractivity contribution < 1.29 is 14.7 Å². The zero-order valence-corrected chi connectivity index (χ0v) is 17.7. The zero-order valence-electron chi connectivity index (χ0n) is 17.7. The summed E-state index contributed by atoms with van der Waals surface area (Å²) in [5.41, 5.74) is 3.09. The van der Waals surface area contributed by atoms with Gasteiger partial charge < -0.3 is 20.6 Å². The number of aliphatic hydroxyl groups excluding tert-OH is 1. The van der Waals surface area contributed by atoms with E-state index in [-0.39, 0.29) is 30.4 Å². The molecule has 0 saturated carbocycles. The Labute approximate surface area is 178 Å². The average molecular weight is 410 g/mol. The average Bonchev–Trinajstić information content (AvgIpc) is 2.75. The summed E-state index contributed by atoms with van der Waals surface area (Å²) in [6.45, 7) is 3.61. The number of anilines is 1. The predicted molar refractivity (Wildman–Crippen MR) is 119 cm³/mol. The molecule has 0 radical (unpaired) electrons. The molecule has 160 valence electrons. The number of amides is 2. The zero-order chi connectivity index (χ0) is 21.5. The summed E-state index contributed by atoms with van der Waals surface area (Å²) in [6.07, 6.45) is 2.24. The molecule has 2 aromatic carbocycles. The van der Waals surface area contributed by atoms with Crippen molar-refractivity contribution >= 4 is 17.5 Å². The number of rotatable bonds is 7. The van der Waals surface area contributed by atoms with E-state index >= 15 is 0 Å². The molecule has 1 atom stereocenters. The Morgan fingerprint density at radius 1 is 1.13 bits per heavy atom. The molecule has 0 spiro atoms. The molecule has 0 aromatic heterocycles. The van der Waals surface area contributed by atoms with E-state index in [9.17, 15) is 14.7 Å². The summed E-state index contributed by atoms with van der Waals surface area (Å²) >= 11 is 0. The number of hydrogen-bond acceptors (Lipinski definition) is 4. The smallest absolute Gasteiger partial charge is 0.251 e. The van der Waals surface area contributed by atoms with Crippen LogP contribution in [0.3, 0.4) is 0 Å². The van der Waals surface area contributed by atoms with E-state index in [1.807, 2.05) is 43.3 Å². The first-order valence-electron chi connectivity index (χ1n) is 10.5. The quantitative estimate of drug-likeness (QED) is 0.657. The van der Waals surface area contributed by atoms with Gasteiger partial charge in [-0.2, -0.15) is 0 Å². The molecule has 1 heterocycles. The maximum atomic E-state index is 12.8. The lowest BCUT2D eigenvalue weighted by atomic mass is 9.96. The Kier molecular flexibility index (Phi) is 7.60. The summed E-state index contributed by atoms with van der Waals surface area (Å²) < 4.78 is 0. The third kappa shape index (κ3) is 5.90. The number of carbonyl (C=O) groups is 2. The molecular formula is C24H31N3O3. The van der Waals surface area contributed by atoms with Gasteiger partial charge in [0.15, 0.2) is 0 Å². The van der Waals surface area contributed by atoms with Crippen LogP contribution in [0.2, 0.25) is 0 Å². The molecule has 3 N–H and O–H groups in total. The highest BCUT2D eigenvalue weighted by Gasteiger charge is 2.24. The highest BCUT2D eigenvalue weighted by Crippen LogP contribution is 2.22. The van der Waals surface area contributed by atoms with Crippen molar-refractivity contribution in [3.63, 3.8) is 0 Å². The molecule has 0 bridgehead atoms. The summed E-state index contributed by atoms with van der Waals surface area (Å²) in [6, 6.07) is 14.7. The molecule has 0 aliphatic carbocycles. The van der Waals surface area contributed by atoms with Crippen LogP contribution in [0, 0.1) is 12.8 Å². The topological polar surface area (TPSA) is 81.7 Å². The first kappa shape index (κ1) is 22.0. The van der Waals surface area contributed by atoms with Gasteiger partial charge in [-0.25, -0.2) is 0 Å². The van der Waals surface area contributed by atoms with E-state index in [1.165, 1.54) is 0 Å². The second-order valence-corrected chi connectivity index (χ2v) is 8.14. The molecule has 6 heteroatoms. The maximum Gasteiger partial charge on any atom is 0.251 e. The third-order valence-corrected chi connectivity index (χ3v) is 5.73. The van der Waals surface area contributed by atoms with Gasteiger partial charge >= 0.3 is 0 Å². The van der Waals surface area contributed by atoms with Crippen molar-refractivity contribution in [1.82, 2.24) is 10.2 Å². The van der Waals surface area contributed by atoms with E-state index in [2.05, 4.69) is 22.6 Å². The number of piperidine rings is 1. The fourth-order valence-electron chi connectivity index (χ4n) is 3.73. The maximum absolute atomic E-state index is 12.8. The van der Waals surface area contributed by atoms with Gasteiger partial charge in [-0.3, -0.25) is 9.59 Å². The van der Waals surface area contributed by atoms with Crippen LogP contribution in [-0.2, 0) is 11.2 Å². The Morgan fingerprint density at radius 3 is 2.50 bits per heavy atom. The van der Waals surface area contributed by atoms with Gasteiger partial charge in [0.05, 0.1) is 12.6 Å². The molecule has 2 aromatic rings. The Hall–Kier alpha value is -2.70. The minimum absolute atomic E-state index is 0.00252. The lowest BCUT2D eigenvalue weighted by molar-refractivity contribution is -0.121. The number of hydrogen-bond donors (Lipinski definition) is 3. The third-order valence-electron chi connectivity index (χ3n) is 5.73. The first-order chi connectivity index (χ1) is 14.5. The van der Waals surface area contributed by atoms with Gasteiger partial charge in [-0.1, -0.05) is 36.4 Å². The molecular weight excluding hydrogens is 378 g/mol. The number of aliphatic hydroxyl groups is 1. The summed E-state index contributed by atoms with van der Waals surface area (Å²) in [5.74, 6) is -0.247.